The van der Waals surface area contributed by atoms with Gasteiger partial charge in [-0.1, -0.05) is 19.1 Å². The molecule has 32 heavy (non-hydrogen) atoms. The summed E-state index contributed by atoms with van der Waals surface area (Å²) in [4.78, 5) is 26.6. The Bertz CT molecular complexity index is 1010. The molecule has 3 atom stereocenters. The predicted molar refractivity (Wildman–Crippen MR) is 124 cm³/mol. The van der Waals surface area contributed by atoms with Crippen molar-refractivity contribution in [3.8, 4) is 0 Å². The minimum atomic E-state index is -0.345. The number of hydrogen-bond donors (Lipinski definition) is 2. The number of nitrogens with one attached hydrogen (secondary N) is 2. The van der Waals surface area contributed by atoms with Crippen molar-refractivity contribution in [1.82, 2.24) is 25.3 Å². The van der Waals surface area contributed by atoms with Crippen LogP contribution in [0, 0.1) is 11.8 Å². The first-order valence-corrected chi connectivity index (χ1v) is 12.2. The summed E-state index contributed by atoms with van der Waals surface area (Å²) in [7, 11) is 1.95. The third-order valence-corrected chi connectivity index (χ3v) is 7.99. The molecule has 5 rings (SSSR count). The lowest BCUT2D eigenvalue weighted by Gasteiger charge is -2.38. The molecule has 7 nitrogen and oxygen atoms in total. The molecule has 1 unspecified atom stereocenters. The number of likely N-dealkylation sites (tertiary alicyclic amines) is 1. The number of fused-ring (bicyclic) bond motifs is 1. The van der Waals surface area contributed by atoms with Crippen LogP contribution in [0.3, 0.4) is 0 Å². The molecule has 172 valence electrons. The number of hydrogen-bond acceptors (Lipinski definition) is 5. The van der Waals surface area contributed by atoms with E-state index in [1.165, 1.54) is 44.5 Å². The number of rotatable bonds is 4. The van der Waals surface area contributed by atoms with E-state index in [1.54, 1.807) is 0 Å². The quantitative estimate of drug-likeness (QED) is 0.719. The Kier molecular flexibility index (Phi) is 6.03. The van der Waals surface area contributed by atoms with Gasteiger partial charge in [0.25, 0.3) is 0 Å². The number of aryl methyl sites for hydroxylation is 1. The molecule has 3 saturated heterocycles. The minimum Gasteiger partial charge on any atom is -0.316 e. The SMILES string of the molecule is C[C@@H]1CNCC[C@@H]1CN1CCC(c2ccc3c(C4CCC(=O)NC4=O)nn(C)c3c2)CC1. The van der Waals surface area contributed by atoms with E-state index in [0.29, 0.717) is 18.8 Å². The van der Waals surface area contributed by atoms with Gasteiger partial charge in [0.15, 0.2) is 0 Å². The van der Waals surface area contributed by atoms with Gasteiger partial charge in [-0.05, 0) is 81.2 Å². The molecule has 4 heterocycles. The number of aromatic nitrogens is 2. The van der Waals surface area contributed by atoms with Crippen LogP contribution in [0.4, 0.5) is 0 Å². The largest absolute Gasteiger partial charge is 0.316 e. The van der Waals surface area contributed by atoms with Crippen LogP contribution in [0.2, 0.25) is 0 Å². The van der Waals surface area contributed by atoms with E-state index in [2.05, 4.69) is 40.7 Å². The monoisotopic (exact) mass is 437 g/mol. The van der Waals surface area contributed by atoms with Gasteiger partial charge in [-0.3, -0.25) is 19.6 Å². The van der Waals surface area contributed by atoms with Gasteiger partial charge in [0.05, 0.1) is 17.1 Å². The van der Waals surface area contributed by atoms with E-state index in [0.717, 1.165) is 41.5 Å². The predicted octanol–water partition coefficient (Wildman–Crippen LogP) is 2.52. The molecule has 7 heteroatoms. The van der Waals surface area contributed by atoms with E-state index < -0.39 is 0 Å². The summed E-state index contributed by atoms with van der Waals surface area (Å²) >= 11 is 0. The van der Waals surface area contributed by atoms with Gasteiger partial charge in [0, 0.05) is 25.4 Å². The van der Waals surface area contributed by atoms with E-state index in [4.69, 9.17) is 5.10 Å². The van der Waals surface area contributed by atoms with Gasteiger partial charge < -0.3 is 10.2 Å². The van der Waals surface area contributed by atoms with Crippen LogP contribution in [-0.2, 0) is 16.6 Å². The Morgan fingerprint density at radius 2 is 1.94 bits per heavy atom. The minimum absolute atomic E-state index is 0.185. The Morgan fingerprint density at radius 1 is 1.12 bits per heavy atom. The van der Waals surface area contributed by atoms with E-state index >= 15 is 0 Å². The van der Waals surface area contributed by atoms with Gasteiger partial charge in [-0.15, -0.1) is 0 Å². The maximum atomic E-state index is 12.4. The summed E-state index contributed by atoms with van der Waals surface area (Å²) in [6.07, 6.45) is 4.60. The topological polar surface area (TPSA) is 79.3 Å². The molecule has 2 N–H and O–H groups in total. The Balaban J connectivity index is 1.27. The maximum Gasteiger partial charge on any atom is 0.235 e. The van der Waals surface area contributed by atoms with Crippen LogP contribution < -0.4 is 10.6 Å². The van der Waals surface area contributed by atoms with Crippen LogP contribution in [0.1, 0.15) is 62.1 Å². The normalized spacial score (nSPS) is 28.2. The fraction of sp³-hybridized carbons (Fsp3) is 0.640. The van der Waals surface area contributed by atoms with Crippen LogP contribution in [0.15, 0.2) is 18.2 Å². The zero-order valence-corrected chi connectivity index (χ0v) is 19.3. The average Bonchev–Trinajstić information content (AvgIpc) is 3.11. The zero-order valence-electron chi connectivity index (χ0n) is 19.3. The van der Waals surface area contributed by atoms with Crippen LogP contribution in [-0.4, -0.2) is 59.2 Å². The molecule has 3 fully saturated rings. The summed E-state index contributed by atoms with van der Waals surface area (Å²) in [6, 6.07) is 6.64. The highest BCUT2D eigenvalue weighted by Crippen LogP contribution is 2.35. The molecule has 3 aliphatic heterocycles. The molecule has 1 aromatic heterocycles. The average molecular weight is 438 g/mol. The van der Waals surface area contributed by atoms with Crippen LogP contribution in [0.5, 0.6) is 0 Å². The summed E-state index contributed by atoms with van der Waals surface area (Å²) < 4.78 is 1.89. The number of carbonyl (C=O) groups excluding carboxylic acids is 2. The summed E-state index contributed by atoms with van der Waals surface area (Å²) in [5.41, 5.74) is 3.25. The Hall–Kier alpha value is -2.25. The number of carbonyl (C=O) groups is 2. The second kappa shape index (κ2) is 8.94. The molecule has 0 bridgehead atoms. The number of amides is 2. The van der Waals surface area contributed by atoms with Gasteiger partial charge in [-0.25, -0.2) is 0 Å². The number of nitrogens with zero attached hydrogens (tertiary/aromatic N) is 3. The third-order valence-electron chi connectivity index (χ3n) is 7.99. The van der Waals surface area contributed by atoms with Gasteiger partial charge in [0.1, 0.15) is 0 Å². The number of benzene rings is 1. The zero-order chi connectivity index (χ0) is 22.2. The summed E-state index contributed by atoms with van der Waals surface area (Å²) in [6.45, 7) is 8.30. The fourth-order valence-electron chi connectivity index (χ4n) is 5.89. The second-order valence-electron chi connectivity index (χ2n) is 10.1. The smallest absolute Gasteiger partial charge is 0.235 e. The molecular weight excluding hydrogens is 402 g/mol. The van der Waals surface area contributed by atoms with Crippen LogP contribution in [0.25, 0.3) is 10.9 Å². The van der Waals surface area contributed by atoms with Crippen molar-refractivity contribution in [3.05, 3.63) is 29.5 Å². The summed E-state index contributed by atoms with van der Waals surface area (Å²) in [5, 5.41) is 11.7. The van der Waals surface area contributed by atoms with Crippen molar-refractivity contribution in [2.75, 3.05) is 32.7 Å². The van der Waals surface area contributed by atoms with Gasteiger partial charge >= 0.3 is 0 Å². The molecule has 2 amide bonds. The van der Waals surface area contributed by atoms with Crippen molar-refractivity contribution in [2.45, 2.75) is 50.9 Å². The Labute approximate surface area is 189 Å². The van der Waals surface area contributed by atoms with Crippen molar-refractivity contribution in [1.29, 1.82) is 0 Å². The van der Waals surface area contributed by atoms with Crippen molar-refractivity contribution < 1.29 is 9.59 Å². The first-order valence-electron chi connectivity index (χ1n) is 12.2. The van der Waals surface area contributed by atoms with Gasteiger partial charge in [0.2, 0.25) is 11.8 Å². The van der Waals surface area contributed by atoms with Gasteiger partial charge in [-0.2, -0.15) is 5.10 Å². The van der Waals surface area contributed by atoms with E-state index in [-0.39, 0.29) is 17.7 Å². The molecule has 0 radical (unpaired) electrons. The molecule has 0 aliphatic carbocycles. The van der Waals surface area contributed by atoms with Crippen LogP contribution >= 0.6 is 0 Å². The molecular formula is C25H35N5O2. The first kappa shape index (κ1) is 21.6. The lowest BCUT2D eigenvalue weighted by Crippen LogP contribution is -2.43. The van der Waals surface area contributed by atoms with Crippen molar-refractivity contribution in [2.24, 2.45) is 18.9 Å². The lowest BCUT2D eigenvalue weighted by atomic mass is 9.85. The highest BCUT2D eigenvalue weighted by molar-refractivity contribution is 6.02. The summed E-state index contributed by atoms with van der Waals surface area (Å²) in [5.74, 6) is 1.42. The van der Waals surface area contributed by atoms with E-state index in [1.807, 2.05) is 11.7 Å². The fourth-order valence-corrected chi connectivity index (χ4v) is 5.89. The highest BCUT2D eigenvalue weighted by Gasteiger charge is 2.32. The number of piperidine rings is 3. The second-order valence-corrected chi connectivity index (χ2v) is 10.1. The van der Waals surface area contributed by atoms with E-state index in [9.17, 15) is 9.59 Å². The highest BCUT2D eigenvalue weighted by atomic mass is 16.2. The third kappa shape index (κ3) is 4.20. The molecule has 0 spiro atoms. The molecule has 1 aromatic carbocycles. The molecule has 3 aliphatic rings. The molecule has 0 saturated carbocycles. The number of imide groups is 1. The lowest BCUT2D eigenvalue weighted by molar-refractivity contribution is -0.134. The van der Waals surface area contributed by atoms with Crippen molar-refractivity contribution in [3.63, 3.8) is 0 Å². The Morgan fingerprint density at radius 3 is 2.69 bits per heavy atom. The first-order chi connectivity index (χ1) is 15.5. The molecule has 2 aromatic rings. The van der Waals surface area contributed by atoms with Crippen molar-refractivity contribution >= 4 is 22.7 Å². The maximum absolute atomic E-state index is 12.4. The standard InChI is InChI=1S/C25H35N5O2/c1-16-14-26-10-7-19(16)15-30-11-8-17(9-12-30)18-3-4-20-22(13-18)29(2)28-24(20)21-5-6-23(31)27-25(21)32/h3-4,13,16-17,19,21,26H,5-12,14-15H2,1-2H3,(H,27,31,32)/t16-,19-,21?/m1/s1.